The molecule has 0 N–H and O–H groups in total. The van der Waals surface area contributed by atoms with Gasteiger partial charge >= 0.3 is 0 Å². The molecule has 4 heterocycles. The molecule has 10 rings (SSSR count). The van der Waals surface area contributed by atoms with Gasteiger partial charge in [0.15, 0.2) is 11.6 Å². The van der Waals surface area contributed by atoms with E-state index < -0.39 is 0 Å². The highest BCUT2D eigenvalue weighted by Crippen LogP contribution is 2.39. The fourth-order valence-corrected chi connectivity index (χ4v) is 6.78. The predicted octanol–water partition coefficient (Wildman–Crippen LogP) is 9.90. The molecule has 10 aromatic rings. The van der Waals surface area contributed by atoms with Crippen LogP contribution in [0.25, 0.3) is 94.1 Å². The summed E-state index contributed by atoms with van der Waals surface area (Å²) in [4.78, 5) is 20.3. The topological polar surface area (TPSA) is 69.6 Å². The fourth-order valence-electron chi connectivity index (χ4n) is 6.78. The van der Waals surface area contributed by atoms with Crippen molar-refractivity contribution in [3.8, 4) is 28.7 Å². The van der Waals surface area contributed by atoms with Crippen LogP contribution >= 0.6 is 0 Å². The zero-order valence-electron chi connectivity index (χ0n) is 24.4. The number of para-hydroxylation sites is 3. The molecule has 0 aliphatic heterocycles. The number of hydrogen-bond acceptors (Lipinski definition) is 5. The van der Waals surface area contributed by atoms with Crippen LogP contribution in [0, 0.1) is 0 Å². The van der Waals surface area contributed by atoms with Gasteiger partial charge in [0.25, 0.3) is 0 Å². The van der Waals surface area contributed by atoms with Gasteiger partial charge in [-0.05, 0) is 47.2 Å². The molecule has 0 atom stereocenters. The zero-order valence-corrected chi connectivity index (χ0v) is 24.4. The number of aromatic nitrogens is 5. The van der Waals surface area contributed by atoms with Gasteiger partial charge in [-0.2, -0.15) is 9.97 Å². The molecule has 0 saturated carbocycles. The van der Waals surface area contributed by atoms with Crippen molar-refractivity contribution in [2.24, 2.45) is 0 Å². The fraction of sp³-hybridized carbons (Fsp3) is 0. The Bertz CT molecular complexity index is 2780. The van der Waals surface area contributed by atoms with Crippen LogP contribution in [0.3, 0.4) is 0 Å². The van der Waals surface area contributed by atoms with Crippen molar-refractivity contribution in [3.05, 3.63) is 140 Å². The highest BCUT2D eigenvalue weighted by atomic mass is 16.3. The second-order valence-corrected chi connectivity index (χ2v) is 11.5. The van der Waals surface area contributed by atoms with Gasteiger partial charge in [0.05, 0.1) is 16.6 Å². The van der Waals surface area contributed by atoms with Crippen molar-refractivity contribution in [2.75, 3.05) is 0 Å². The van der Waals surface area contributed by atoms with Crippen LogP contribution in [-0.2, 0) is 0 Å². The molecule has 0 unspecified atom stereocenters. The summed E-state index contributed by atoms with van der Waals surface area (Å²) in [5.41, 5.74) is 6.31. The molecule has 4 aromatic heterocycles. The van der Waals surface area contributed by atoms with Gasteiger partial charge in [-0.15, -0.1) is 0 Å². The van der Waals surface area contributed by atoms with Gasteiger partial charge in [-0.1, -0.05) is 97.1 Å². The van der Waals surface area contributed by atoms with Crippen molar-refractivity contribution in [1.29, 1.82) is 0 Å². The van der Waals surface area contributed by atoms with Crippen molar-refractivity contribution >= 4 is 65.4 Å². The number of hydrogen-bond donors (Lipinski definition) is 0. The molecule has 6 nitrogen and oxygen atoms in total. The minimum Gasteiger partial charge on any atom is -0.455 e. The average molecular weight is 590 g/mol. The quantitative estimate of drug-likeness (QED) is 0.205. The summed E-state index contributed by atoms with van der Waals surface area (Å²) in [6.07, 6.45) is 1.90. The number of pyridine rings is 1. The van der Waals surface area contributed by atoms with E-state index in [1.54, 1.807) is 0 Å². The molecule has 6 heteroatoms. The van der Waals surface area contributed by atoms with Crippen LogP contribution in [0.15, 0.2) is 144 Å². The number of rotatable bonds is 3. The Morgan fingerprint density at radius 1 is 0.522 bits per heavy atom. The Hall–Kier alpha value is -6.40. The van der Waals surface area contributed by atoms with Crippen LogP contribution < -0.4 is 0 Å². The number of furan rings is 1. The lowest BCUT2D eigenvalue weighted by molar-refractivity contribution is 0.672. The summed E-state index contributed by atoms with van der Waals surface area (Å²) in [7, 11) is 0. The first-order valence-corrected chi connectivity index (χ1v) is 15.2. The highest BCUT2D eigenvalue weighted by molar-refractivity contribution is 6.17. The number of fused-ring (bicyclic) bond motifs is 9. The molecular formula is C40H23N5O. The minimum atomic E-state index is 0.555. The minimum absolute atomic E-state index is 0.555. The molecule has 0 aliphatic rings. The van der Waals surface area contributed by atoms with Crippen LogP contribution in [0.2, 0.25) is 0 Å². The third-order valence-electron chi connectivity index (χ3n) is 8.89. The van der Waals surface area contributed by atoms with Crippen molar-refractivity contribution < 1.29 is 4.42 Å². The van der Waals surface area contributed by atoms with E-state index in [0.29, 0.717) is 17.6 Å². The van der Waals surface area contributed by atoms with Crippen LogP contribution in [0.5, 0.6) is 0 Å². The molecular weight excluding hydrogens is 566 g/mol. The summed E-state index contributed by atoms with van der Waals surface area (Å²) in [5.74, 6) is 1.72. The van der Waals surface area contributed by atoms with Crippen LogP contribution in [0.4, 0.5) is 0 Å². The van der Waals surface area contributed by atoms with Gasteiger partial charge in [0.2, 0.25) is 5.95 Å². The third kappa shape index (κ3) is 3.64. The Morgan fingerprint density at radius 3 is 2.04 bits per heavy atom. The number of benzene rings is 6. The molecule has 0 fully saturated rings. The van der Waals surface area contributed by atoms with Gasteiger partial charge < -0.3 is 4.42 Å². The van der Waals surface area contributed by atoms with E-state index in [1.165, 1.54) is 0 Å². The van der Waals surface area contributed by atoms with E-state index in [0.717, 1.165) is 76.5 Å². The smallest absolute Gasteiger partial charge is 0.238 e. The summed E-state index contributed by atoms with van der Waals surface area (Å²) >= 11 is 0. The molecule has 0 spiro atoms. The molecule has 46 heavy (non-hydrogen) atoms. The lowest BCUT2D eigenvalue weighted by Crippen LogP contribution is -2.06. The summed E-state index contributed by atoms with van der Waals surface area (Å²) in [6.45, 7) is 0. The maximum Gasteiger partial charge on any atom is 0.238 e. The van der Waals surface area contributed by atoms with E-state index in [2.05, 4.69) is 102 Å². The third-order valence-corrected chi connectivity index (χ3v) is 8.89. The van der Waals surface area contributed by atoms with E-state index in [1.807, 2.05) is 42.6 Å². The standard InChI is InChI=1S/C40H23N5O/c1-2-11-25-22-26(21-20-24(25)10-1)38-42-39(44-40(43-38)45-33-17-7-4-12-27(33)28-13-5-8-18-34(28)45)30-15-9-19-35-36(30)31-23-41-32-16-6-3-14-29(32)37(31)46-35/h1-23H. The van der Waals surface area contributed by atoms with E-state index >= 15 is 0 Å². The summed E-state index contributed by atoms with van der Waals surface area (Å²) in [5, 5.41) is 7.41. The second kappa shape index (κ2) is 9.55. The highest BCUT2D eigenvalue weighted by Gasteiger charge is 2.21. The van der Waals surface area contributed by atoms with E-state index in [4.69, 9.17) is 24.4 Å². The van der Waals surface area contributed by atoms with Crippen LogP contribution in [0.1, 0.15) is 0 Å². The molecule has 0 saturated heterocycles. The maximum atomic E-state index is 6.49. The van der Waals surface area contributed by atoms with Crippen molar-refractivity contribution in [1.82, 2.24) is 24.5 Å². The molecule has 0 bridgehead atoms. The van der Waals surface area contributed by atoms with Crippen molar-refractivity contribution in [2.45, 2.75) is 0 Å². The second-order valence-electron chi connectivity index (χ2n) is 11.5. The van der Waals surface area contributed by atoms with Gasteiger partial charge in [0, 0.05) is 44.3 Å². The zero-order chi connectivity index (χ0) is 30.2. The van der Waals surface area contributed by atoms with Gasteiger partial charge in [-0.3, -0.25) is 9.55 Å². The lowest BCUT2D eigenvalue weighted by Gasteiger charge is -2.12. The molecule has 0 aliphatic carbocycles. The first kappa shape index (κ1) is 25.0. The molecule has 6 aromatic carbocycles. The predicted molar refractivity (Wildman–Crippen MR) is 185 cm³/mol. The summed E-state index contributed by atoms with van der Waals surface area (Å²) < 4.78 is 8.63. The lowest BCUT2D eigenvalue weighted by atomic mass is 10.0. The normalized spacial score (nSPS) is 11.9. The molecule has 214 valence electrons. The van der Waals surface area contributed by atoms with Crippen molar-refractivity contribution in [3.63, 3.8) is 0 Å². The SMILES string of the molecule is c1ccc2cc(-c3nc(-c4cccc5oc6c7ccccc7ncc6c45)nc(-n4c5ccccc5c5ccccc54)n3)ccc2c1. The largest absolute Gasteiger partial charge is 0.455 e. The first-order chi connectivity index (χ1) is 22.8. The molecule has 0 radical (unpaired) electrons. The Morgan fingerprint density at radius 2 is 1.22 bits per heavy atom. The van der Waals surface area contributed by atoms with Gasteiger partial charge in [-0.25, -0.2) is 4.98 Å². The average Bonchev–Trinajstić information content (AvgIpc) is 3.68. The maximum absolute atomic E-state index is 6.49. The Kier molecular flexibility index (Phi) is 5.19. The Balaban J connectivity index is 1.30. The van der Waals surface area contributed by atoms with E-state index in [9.17, 15) is 0 Å². The number of nitrogens with zero attached hydrogens (tertiary/aromatic N) is 5. The summed E-state index contributed by atoms with van der Waals surface area (Å²) in [6, 6.07) is 45.6. The first-order valence-electron chi connectivity index (χ1n) is 15.2. The van der Waals surface area contributed by atoms with E-state index in [-0.39, 0.29) is 0 Å². The van der Waals surface area contributed by atoms with Crippen LogP contribution in [-0.4, -0.2) is 24.5 Å². The van der Waals surface area contributed by atoms with Gasteiger partial charge in [0.1, 0.15) is 11.2 Å². The molecule has 0 amide bonds. The Labute approximate surface area is 262 Å². The monoisotopic (exact) mass is 589 g/mol.